The number of phenolic OH excluding ortho intramolecular Hbond substituents is 1. The zero-order chi connectivity index (χ0) is 14.5. The Bertz CT molecular complexity index is 571. The van der Waals surface area contributed by atoms with Crippen LogP contribution in [0.4, 0.5) is 4.39 Å². The molecule has 4 heteroatoms. The molecule has 0 aliphatic rings. The Morgan fingerprint density at radius 1 is 1.20 bits per heavy atom. The summed E-state index contributed by atoms with van der Waals surface area (Å²) in [5, 5.41) is 13.3. The molecule has 0 aliphatic carbocycles. The summed E-state index contributed by atoms with van der Waals surface area (Å²) < 4.78 is 13.8. The fourth-order valence-electron chi connectivity index (χ4n) is 2.12. The maximum Gasteiger partial charge on any atom is 0.123 e. The smallest absolute Gasteiger partial charge is 0.123 e. The topological polar surface area (TPSA) is 32.3 Å². The fraction of sp³-hybridized carbons (Fsp3) is 0.250. The summed E-state index contributed by atoms with van der Waals surface area (Å²) in [5.74, 6) is 0.0529. The van der Waals surface area contributed by atoms with Crippen molar-refractivity contribution in [3.63, 3.8) is 0 Å². The van der Waals surface area contributed by atoms with Crippen molar-refractivity contribution in [1.82, 2.24) is 5.32 Å². The molecule has 0 radical (unpaired) electrons. The van der Waals surface area contributed by atoms with Gasteiger partial charge in [-0.3, -0.25) is 0 Å². The van der Waals surface area contributed by atoms with Crippen molar-refractivity contribution < 1.29 is 9.50 Å². The monoisotopic (exact) mass is 337 g/mol. The van der Waals surface area contributed by atoms with E-state index in [4.69, 9.17) is 0 Å². The minimum atomic E-state index is -0.231. The van der Waals surface area contributed by atoms with Crippen molar-refractivity contribution in [2.24, 2.45) is 0 Å². The van der Waals surface area contributed by atoms with Gasteiger partial charge in [0.1, 0.15) is 11.6 Å². The first-order valence-electron chi connectivity index (χ1n) is 6.56. The molecular formula is C16H17BrFNO. The van der Waals surface area contributed by atoms with E-state index >= 15 is 0 Å². The van der Waals surface area contributed by atoms with Crippen LogP contribution in [0.2, 0.25) is 0 Å². The third-order valence-electron chi connectivity index (χ3n) is 3.24. The normalized spacial score (nSPS) is 12.3. The zero-order valence-corrected chi connectivity index (χ0v) is 12.8. The van der Waals surface area contributed by atoms with Gasteiger partial charge in [-0.1, -0.05) is 35.0 Å². The van der Waals surface area contributed by atoms with Gasteiger partial charge < -0.3 is 10.4 Å². The van der Waals surface area contributed by atoms with Gasteiger partial charge in [-0.15, -0.1) is 0 Å². The highest BCUT2D eigenvalue weighted by Gasteiger charge is 2.13. The molecule has 2 rings (SSSR count). The fourth-order valence-corrected chi connectivity index (χ4v) is 2.50. The summed E-state index contributed by atoms with van der Waals surface area (Å²) >= 11 is 3.42. The summed E-state index contributed by atoms with van der Waals surface area (Å²) in [6.45, 7) is 2.69. The molecule has 0 saturated heterocycles. The molecule has 1 atom stereocenters. The Balaban J connectivity index is 2.09. The van der Waals surface area contributed by atoms with Gasteiger partial charge in [-0.2, -0.15) is 0 Å². The third kappa shape index (κ3) is 3.81. The van der Waals surface area contributed by atoms with Crippen LogP contribution in [0.3, 0.4) is 0 Å². The Kier molecular flexibility index (Phi) is 5.15. The minimum absolute atomic E-state index is 0.0533. The number of nitrogens with one attached hydrogen (secondary N) is 1. The minimum Gasteiger partial charge on any atom is -0.508 e. The van der Waals surface area contributed by atoms with Crippen LogP contribution >= 0.6 is 15.9 Å². The third-order valence-corrected chi connectivity index (χ3v) is 3.73. The van der Waals surface area contributed by atoms with Crippen LogP contribution in [-0.2, 0) is 6.54 Å². The molecule has 2 N–H and O–H groups in total. The lowest BCUT2D eigenvalue weighted by atomic mass is 10.0. The van der Waals surface area contributed by atoms with Crippen LogP contribution < -0.4 is 5.32 Å². The number of halogens is 2. The molecule has 0 aromatic heterocycles. The Hall–Kier alpha value is -1.39. The highest BCUT2D eigenvalue weighted by atomic mass is 79.9. The average molecular weight is 338 g/mol. The molecule has 2 nitrogen and oxygen atoms in total. The van der Waals surface area contributed by atoms with Crippen molar-refractivity contribution in [2.45, 2.75) is 25.9 Å². The second-order valence-corrected chi connectivity index (χ2v) is 5.59. The lowest BCUT2D eigenvalue weighted by Crippen LogP contribution is -2.20. The summed E-state index contributed by atoms with van der Waals surface area (Å²) in [6.07, 6.45) is 0.852. The van der Waals surface area contributed by atoms with Crippen LogP contribution in [0.15, 0.2) is 46.9 Å². The van der Waals surface area contributed by atoms with Crippen LogP contribution in [0, 0.1) is 5.82 Å². The molecule has 2 aromatic carbocycles. The van der Waals surface area contributed by atoms with E-state index in [-0.39, 0.29) is 17.6 Å². The molecule has 0 saturated carbocycles. The molecule has 0 aliphatic heterocycles. The second kappa shape index (κ2) is 6.86. The van der Waals surface area contributed by atoms with Gasteiger partial charge in [0.15, 0.2) is 0 Å². The van der Waals surface area contributed by atoms with E-state index in [0.29, 0.717) is 6.54 Å². The summed E-state index contributed by atoms with van der Waals surface area (Å²) in [5.41, 5.74) is 1.88. The van der Waals surface area contributed by atoms with Gasteiger partial charge in [0.25, 0.3) is 0 Å². The van der Waals surface area contributed by atoms with Crippen LogP contribution in [0.25, 0.3) is 0 Å². The zero-order valence-electron chi connectivity index (χ0n) is 11.2. The lowest BCUT2D eigenvalue weighted by molar-refractivity contribution is 0.440. The van der Waals surface area contributed by atoms with Crippen molar-refractivity contribution in [3.05, 3.63) is 63.9 Å². The van der Waals surface area contributed by atoms with Gasteiger partial charge in [-0.25, -0.2) is 4.39 Å². The van der Waals surface area contributed by atoms with E-state index in [9.17, 15) is 9.50 Å². The number of rotatable bonds is 5. The Morgan fingerprint density at radius 2 is 1.90 bits per heavy atom. The van der Waals surface area contributed by atoms with Crippen molar-refractivity contribution in [3.8, 4) is 5.75 Å². The van der Waals surface area contributed by atoms with E-state index in [1.807, 2.05) is 12.1 Å². The van der Waals surface area contributed by atoms with E-state index in [1.54, 1.807) is 18.2 Å². The maximum atomic E-state index is 12.9. The van der Waals surface area contributed by atoms with E-state index < -0.39 is 0 Å². The Labute approximate surface area is 126 Å². The van der Waals surface area contributed by atoms with E-state index in [2.05, 4.69) is 28.2 Å². The van der Waals surface area contributed by atoms with Gasteiger partial charge in [-0.05, 0) is 42.3 Å². The summed E-state index contributed by atoms with van der Waals surface area (Å²) in [4.78, 5) is 0. The van der Waals surface area contributed by atoms with Gasteiger partial charge >= 0.3 is 0 Å². The molecule has 0 spiro atoms. The molecule has 2 aromatic rings. The predicted octanol–water partition coefficient (Wildman–Crippen LogP) is 4.53. The second-order valence-electron chi connectivity index (χ2n) is 4.67. The summed E-state index contributed by atoms with van der Waals surface area (Å²) in [7, 11) is 0. The molecule has 0 fully saturated rings. The van der Waals surface area contributed by atoms with E-state index in [1.165, 1.54) is 12.1 Å². The van der Waals surface area contributed by atoms with Crippen LogP contribution in [-0.4, -0.2) is 5.11 Å². The van der Waals surface area contributed by atoms with Crippen LogP contribution in [0.5, 0.6) is 5.75 Å². The molecule has 0 heterocycles. The van der Waals surface area contributed by atoms with Crippen molar-refractivity contribution >= 4 is 15.9 Å². The number of phenols is 1. The standard InChI is InChI=1S/C16H17BrFNO/c1-2-15(14-9-12(17)5-8-16(14)20)19-10-11-3-6-13(18)7-4-11/h3-9,15,19-20H,2,10H2,1H3. The number of hydrogen-bond acceptors (Lipinski definition) is 2. The summed E-state index contributed by atoms with van der Waals surface area (Å²) in [6, 6.07) is 11.9. The van der Waals surface area contributed by atoms with Gasteiger partial charge in [0, 0.05) is 22.6 Å². The van der Waals surface area contributed by atoms with E-state index in [0.717, 1.165) is 22.0 Å². The molecular weight excluding hydrogens is 321 g/mol. The average Bonchev–Trinajstić information content (AvgIpc) is 2.45. The first-order valence-corrected chi connectivity index (χ1v) is 7.35. The van der Waals surface area contributed by atoms with Gasteiger partial charge in [0.2, 0.25) is 0 Å². The lowest BCUT2D eigenvalue weighted by Gasteiger charge is -2.19. The van der Waals surface area contributed by atoms with Gasteiger partial charge in [0.05, 0.1) is 0 Å². The SMILES string of the molecule is CCC(NCc1ccc(F)cc1)c1cc(Br)ccc1O. The molecule has 1 unspecified atom stereocenters. The quantitative estimate of drug-likeness (QED) is 0.839. The predicted molar refractivity (Wildman–Crippen MR) is 82.1 cm³/mol. The highest BCUT2D eigenvalue weighted by molar-refractivity contribution is 9.10. The molecule has 106 valence electrons. The number of aromatic hydroxyl groups is 1. The molecule has 0 bridgehead atoms. The number of benzene rings is 2. The van der Waals surface area contributed by atoms with Crippen LogP contribution in [0.1, 0.15) is 30.5 Å². The molecule has 20 heavy (non-hydrogen) atoms. The highest BCUT2D eigenvalue weighted by Crippen LogP contribution is 2.29. The van der Waals surface area contributed by atoms with Crippen molar-refractivity contribution in [2.75, 3.05) is 0 Å². The largest absolute Gasteiger partial charge is 0.508 e. The Morgan fingerprint density at radius 3 is 2.55 bits per heavy atom. The molecule has 0 amide bonds. The first-order chi connectivity index (χ1) is 9.60. The maximum absolute atomic E-state index is 12.9. The van der Waals surface area contributed by atoms with Crippen molar-refractivity contribution in [1.29, 1.82) is 0 Å². The number of hydrogen-bond donors (Lipinski definition) is 2. The first kappa shape index (κ1) is 15.0.